The maximum Gasteiger partial charge on any atom is 0.0651 e. The molecule has 1 heterocycles. The molecule has 0 spiro atoms. The van der Waals surface area contributed by atoms with Crippen molar-refractivity contribution in [1.29, 1.82) is 0 Å². The Hall–Kier alpha value is -1.70. The van der Waals surface area contributed by atoms with Crippen LogP contribution in [0.4, 0.5) is 5.69 Å². The number of nitrogens with two attached hydrogens (primary N) is 1. The molecular formula is C32H55N5S. The topological polar surface area (TPSA) is 56.9 Å². The molecule has 0 saturated heterocycles. The SMILES string of the molecule is C=Nc1ccc(C)cc1C.CCC.CCC(C)C.CN(CN1CCSc2ccccc2C1)NCC1(N)CC1. The molecule has 0 unspecified atom stereocenters. The molecule has 6 heteroatoms. The van der Waals surface area contributed by atoms with E-state index in [1.54, 1.807) is 0 Å². The summed E-state index contributed by atoms with van der Waals surface area (Å²) in [5.74, 6) is 2.04. The Labute approximate surface area is 238 Å². The van der Waals surface area contributed by atoms with Gasteiger partial charge in [-0.3, -0.25) is 15.3 Å². The van der Waals surface area contributed by atoms with Crippen LogP contribution >= 0.6 is 11.8 Å². The number of hydrogen-bond acceptors (Lipinski definition) is 6. The second kappa shape index (κ2) is 18.6. The van der Waals surface area contributed by atoms with E-state index in [2.05, 4.69) is 106 Å². The minimum absolute atomic E-state index is 0.0650. The predicted octanol–water partition coefficient (Wildman–Crippen LogP) is 7.58. The van der Waals surface area contributed by atoms with Crippen LogP contribution < -0.4 is 11.2 Å². The third-order valence-electron chi connectivity index (χ3n) is 6.38. The standard InChI is InChI=1S/C15H24N4S.C9H11N.C5H12.C3H8/c1-18(17-11-15(16)6-7-15)12-19-8-9-20-14-5-3-2-4-13(14)10-19;1-7-4-5-9(10-3)8(2)6-7;1-4-5(2)3;1-3-2/h2-5,17H,6-12,16H2,1H3;4-6H,3H2,1-2H3;5H,4H2,1-3H3;3H2,1-2H3. The second-order valence-electron chi connectivity index (χ2n) is 11.0. The average molecular weight is 542 g/mol. The number of fused-ring (bicyclic) bond motifs is 1. The van der Waals surface area contributed by atoms with Crippen LogP contribution in [-0.4, -0.2) is 54.7 Å². The first-order valence-electron chi connectivity index (χ1n) is 14.3. The van der Waals surface area contributed by atoms with Gasteiger partial charge in [-0.1, -0.05) is 83.4 Å². The van der Waals surface area contributed by atoms with Crippen LogP contribution in [0.2, 0.25) is 0 Å². The summed E-state index contributed by atoms with van der Waals surface area (Å²) in [5.41, 5.74) is 14.5. The highest BCUT2D eigenvalue weighted by Crippen LogP contribution is 2.31. The molecule has 1 fully saturated rings. The number of nitrogens with one attached hydrogen (secondary N) is 1. The van der Waals surface area contributed by atoms with E-state index in [0.717, 1.165) is 56.5 Å². The van der Waals surface area contributed by atoms with Crippen molar-refractivity contribution >= 4 is 24.2 Å². The van der Waals surface area contributed by atoms with Crippen LogP contribution in [0.1, 0.15) is 77.0 Å². The zero-order valence-electron chi connectivity index (χ0n) is 25.5. The van der Waals surface area contributed by atoms with Crippen molar-refractivity contribution in [3.63, 3.8) is 0 Å². The van der Waals surface area contributed by atoms with E-state index in [0.29, 0.717) is 0 Å². The van der Waals surface area contributed by atoms with E-state index in [1.807, 2.05) is 30.8 Å². The van der Waals surface area contributed by atoms with Crippen LogP contribution in [0, 0.1) is 19.8 Å². The normalized spacial score (nSPS) is 15.6. The number of rotatable bonds is 7. The van der Waals surface area contributed by atoms with Crippen molar-refractivity contribution in [2.75, 3.05) is 32.6 Å². The van der Waals surface area contributed by atoms with Crippen molar-refractivity contribution in [3.8, 4) is 0 Å². The lowest BCUT2D eigenvalue weighted by atomic mass is 10.1. The zero-order chi connectivity index (χ0) is 28.6. The largest absolute Gasteiger partial charge is 0.324 e. The van der Waals surface area contributed by atoms with Crippen LogP contribution in [0.15, 0.2) is 52.4 Å². The summed E-state index contributed by atoms with van der Waals surface area (Å²) < 4.78 is 0. The maximum absolute atomic E-state index is 6.11. The Morgan fingerprint density at radius 2 is 1.76 bits per heavy atom. The lowest BCUT2D eigenvalue weighted by molar-refractivity contribution is 0.108. The molecule has 4 rings (SSSR count). The van der Waals surface area contributed by atoms with Gasteiger partial charge in [-0.25, -0.2) is 5.01 Å². The third-order valence-corrected chi connectivity index (χ3v) is 7.47. The summed E-state index contributed by atoms with van der Waals surface area (Å²) in [7, 11) is 2.11. The molecule has 2 aromatic carbocycles. The molecule has 5 nitrogen and oxygen atoms in total. The molecule has 214 valence electrons. The van der Waals surface area contributed by atoms with E-state index in [9.17, 15) is 0 Å². The van der Waals surface area contributed by atoms with Gasteiger partial charge in [-0.2, -0.15) is 0 Å². The smallest absolute Gasteiger partial charge is 0.0651 e. The number of thioether (sulfide) groups is 1. The molecule has 0 atom stereocenters. The monoisotopic (exact) mass is 541 g/mol. The highest BCUT2D eigenvalue weighted by molar-refractivity contribution is 7.99. The Balaban J connectivity index is 0.000000334. The zero-order valence-corrected chi connectivity index (χ0v) is 26.3. The van der Waals surface area contributed by atoms with Gasteiger partial charge in [0.1, 0.15) is 0 Å². The van der Waals surface area contributed by atoms with Gasteiger partial charge < -0.3 is 5.73 Å². The first kappa shape index (κ1) is 34.3. The maximum atomic E-state index is 6.11. The fraction of sp³-hybridized carbons (Fsp3) is 0.594. The Kier molecular flexibility index (Phi) is 16.8. The lowest BCUT2D eigenvalue weighted by Crippen LogP contribution is -2.48. The quantitative estimate of drug-likeness (QED) is 0.279. The average Bonchev–Trinajstić information content (AvgIpc) is 3.65. The second-order valence-corrected chi connectivity index (χ2v) is 12.1. The summed E-state index contributed by atoms with van der Waals surface area (Å²) in [5, 5.41) is 2.17. The fourth-order valence-electron chi connectivity index (χ4n) is 3.46. The number of hydrazine groups is 1. The van der Waals surface area contributed by atoms with E-state index in [1.165, 1.54) is 34.4 Å². The molecule has 1 aliphatic heterocycles. The van der Waals surface area contributed by atoms with Gasteiger partial charge in [0.15, 0.2) is 0 Å². The number of hydrogen-bond donors (Lipinski definition) is 2. The Morgan fingerprint density at radius 1 is 1.13 bits per heavy atom. The van der Waals surface area contributed by atoms with E-state index >= 15 is 0 Å². The van der Waals surface area contributed by atoms with Crippen LogP contribution in [0.3, 0.4) is 0 Å². The third kappa shape index (κ3) is 14.5. The molecule has 2 aliphatic rings. The summed E-state index contributed by atoms with van der Waals surface area (Å²) >= 11 is 1.97. The molecule has 1 saturated carbocycles. The Bertz CT molecular complexity index is 926. The molecule has 0 amide bonds. The van der Waals surface area contributed by atoms with Crippen LogP contribution in [0.25, 0.3) is 0 Å². The van der Waals surface area contributed by atoms with Crippen LogP contribution in [0.5, 0.6) is 0 Å². The van der Waals surface area contributed by atoms with Gasteiger partial charge in [-0.05, 0) is 62.6 Å². The minimum atomic E-state index is 0.0650. The molecule has 0 aromatic heterocycles. The van der Waals surface area contributed by atoms with E-state index in [4.69, 9.17) is 5.73 Å². The first-order valence-corrected chi connectivity index (χ1v) is 15.3. The van der Waals surface area contributed by atoms with Gasteiger partial charge in [-0.15, -0.1) is 11.8 Å². The molecule has 38 heavy (non-hydrogen) atoms. The Morgan fingerprint density at radius 3 is 2.32 bits per heavy atom. The molecule has 2 aromatic rings. The number of benzene rings is 2. The predicted molar refractivity (Wildman–Crippen MR) is 171 cm³/mol. The molecule has 1 aliphatic carbocycles. The highest BCUT2D eigenvalue weighted by atomic mass is 32.2. The molecule has 0 bridgehead atoms. The summed E-state index contributed by atoms with van der Waals surface area (Å²) in [6, 6.07) is 14.9. The first-order chi connectivity index (χ1) is 18.1. The van der Waals surface area contributed by atoms with Crippen molar-refractivity contribution in [2.24, 2.45) is 16.6 Å². The van der Waals surface area contributed by atoms with Gasteiger partial charge in [0.05, 0.1) is 12.4 Å². The van der Waals surface area contributed by atoms with Crippen molar-refractivity contribution in [1.82, 2.24) is 15.3 Å². The van der Waals surface area contributed by atoms with Gasteiger partial charge in [0.2, 0.25) is 0 Å². The van der Waals surface area contributed by atoms with Gasteiger partial charge >= 0.3 is 0 Å². The minimum Gasteiger partial charge on any atom is -0.324 e. The van der Waals surface area contributed by atoms with Gasteiger partial charge in [0.25, 0.3) is 0 Å². The van der Waals surface area contributed by atoms with Gasteiger partial charge in [0, 0.05) is 42.9 Å². The number of nitrogens with zero attached hydrogens (tertiary/aromatic N) is 3. The van der Waals surface area contributed by atoms with Crippen molar-refractivity contribution in [2.45, 2.75) is 91.1 Å². The van der Waals surface area contributed by atoms with Crippen LogP contribution in [-0.2, 0) is 6.54 Å². The van der Waals surface area contributed by atoms with Crippen molar-refractivity contribution < 1.29 is 0 Å². The summed E-state index contributed by atoms with van der Waals surface area (Å²) in [4.78, 5) is 7.78. The molecular weight excluding hydrogens is 486 g/mol. The van der Waals surface area contributed by atoms with E-state index in [-0.39, 0.29) is 5.54 Å². The van der Waals surface area contributed by atoms with E-state index < -0.39 is 0 Å². The molecule has 0 radical (unpaired) electrons. The summed E-state index contributed by atoms with van der Waals surface area (Å²) in [6.45, 7) is 22.5. The molecule has 3 N–H and O–H groups in total. The van der Waals surface area contributed by atoms with Crippen molar-refractivity contribution in [3.05, 3.63) is 59.2 Å². The highest BCUT2D eigenvalue weighted by Gasteiger charge is 2.37. The fourth-order valence-corrected chi connectivity index (χ4v) is 4.53. The summed E-state index contributed by atoms with van der Waals surface area (Å²) in [6.07, 6.45) is 4.86. The lowest BCUT2D eigenvalue weighted by Gasteiger charge is -2.28. The number of aryl methyl sites for hydroxylation is 2. The number of aliphatic imine (C=N–C) groups is 1.